The van der Waals surface area contributed by atoms with E-state index in [0.29, 0.717) is 18.3 Å². The van der Waals surface area contributed by atoms with E-state index in [2.05, 4.69) is 20.8 Å². The number of nitrogens with zero attached hydrogens (tertiary/aromatic N) is 1. The molecule has 1 aliphatic rings. The number of likely N-dealkylation sites (tertiary alicyclic amines) is 1. The Morgan fingerprint density at radius 1 is 1.35 bits per heavy atom. The summed E-state index contributed by atoms with van der Waals surface area (Å²) in [6.07, 6.45) is 2.38. The number of carbonyl (C=O) groups excluding carboxylic acids is 1. The van der Waals surface area contributed by atoms with Crippen molar-refractivity contribution in [3.8, 4) is 0 Å². The van der Waals surface area contributed by atoms with Gasteiger partial charge in [0.1, 0.15) is 0 Å². The molecular weight excluding hydrogens is 218 g/mol. The van der Waals surface area contributed by atoms with Crippen molar-refractivity contribution in [1.29, 1.82) is 0 Å². The maximum atomic E-state index is 12.1. The van der Waals surface area contributed by atoms with Crippen molar-refractivity contribution < 1.29 is 14.7 Å². The number of hydrogen-bond acceptors (Lipinski definition) is 2. The molecule has 0 aliphatic carbocycles. The third-order valence-electron chi connectivity index (χ3n) is 3.74. The first-order valence-electron chi connectivity index (χ1n) is 6.43. The number of rotatable bonds is 5. The highest BCUT2D eigenvalue weighted by molar-refractivity contribution is 5.78. The second-order valence-corrected chi connectivity index (χ2v) is 5.41. The summed E-state index contributed by atoms with van der Waals surface area (Å²) in [4.78, 5) is 24.6. The van der Waals surface area contributed by atoms with Crippen LogP contribution in [0.5, 0.6) is 0 Å². The van der Waals surface area contributed by atoms with Crippen molar-refractivity contribution in [2.45, 2.75) is 52.5 Å². The smallest absolute Gasteiger partial charge is 0.305 e. The van der Waals surface area contributed by atoms with Crippen molar-refractivity contribution in [3.63, 3.8) is 0 Å². The molecule has 0 spiro atoms. The van der Waals surface area contributed by atoms with Gasteiger partial charge in [-0.3, -0.25) is 9.59 Å². The Balaban J connectivity index is 2.52. The van der Waals surface area contributed by atoms with Crippen molar-refractivity contribution in [3.05, 3.63) is 0 Å². The summed E-state index contributed by atoms with van der Waals surface area (Å²) in [6.45, 7) is 7.01. The van der Waals surface area contributed by atoms with Crippen molar-refractivity contribution in [2.24, 2.45) is 11.8 Å². The van der Waals surface area contributed by atoms with E-state index in [9.17, 15) is 9.59 Å². The molecule has 0 aromatic rings. The van der Waals surface area contributed by atoms with E-state index in [-0.39, 0.29) is 18.4 Å². The quantitative estimate of drug-likeness (QED) is 0.802. The van der Waals surface area contributed by atoms with Crippen LogP contribution in [0.3, 0.4) is 0 Å². The van der Waals surface area contributed by atoms with E-state index in [1.54, 1.807) is 4.90 Å². The van der Waals surface area contributed by atoms with E-state index < -0.39 is 5.97 Å². The van der Waals surface area contributed by atoms with Gasteiger partial charge in [0.15, 0.2) is 0 Å². The topological polar surface area (TPSA) is 57.6 Å². The molecule has 2 unspecified atom stereocenters. The van der Waals surface area contributed by atoms with Crippen molar-refractivity contribution >= 4 is 11.9 Å². The minimum atomic E-state index is -0.813. The summed E-state index contributed by atoms with van der Waals surface area (Å²) < 4.78 is 0. The summed E-state index contributed by atoms with van der Waals surface area (Å²) in [5.41, 5.74) is 0. The number of aliphatic carboxylic acids is 1. The lowest BCUT2D eigenvalue weighted by molar-refractivity contribution is -0.140. The van der Waals surface area contributed by atoms with E-state index in [1.807, 2.05) is 0 Å². The molecule has 0 radical (unpaired) electrons. The Morgan fingerprint density at radius 3 is 2.53 bits per heavy atom. The molecule has 1 rings (SSSR count). The van der Waals surface area contributed by atoms with E-state index in [1.165, 1.54) is 0 Å². The molecule has 1 fully saturated rings. The van der Waals surface area contributed by atoms with Crippen LogP contribution in [0.15, 0.2) is 0 Å². The average Bonchev–Trinajstić information content (AvgIpc) is 2.64. The number of amides is 1. The van der Waals surface area contributed by atoms with E-state index in [4.69, 9.17) is 5.11 Å². The van der Waals surface area contributed by atoms with Crippen molar-refractivity contribution in [2.75, 3.05) is 6.54 Å². The van der Waals surface area contributed by atoms with Gasteiger partial charge in [0.05, 0.1) is 6.42 Å². The standard InChI is InChI=1S/C13H23NO3/c1-9(2)10(3)7-12(15)14-6-4-5-11(14)8-13(16)17/h9-11H,4-8H2,1-3H3,(H,16,17). The Bertz CT molecular complexity index is 288. The number of carbonyl (C=O) groups is 2. The zero-order valence-corrected chi connectivity index (χ0v) is 11.0. The van der Waals surface area contributed by atoms with Crippen LogP contribution in [0.1, 0.15) is 46.5 Å². The van der Waals surface area contributed by atoms with Crippen molar-refractivity contribution in [1.82, 2.24) is 4.90 Å². The largest absolute Gasteiger partial charge is 0.481 e. The van der Waals surface area contributed by atoms with Gasteiger partial charge in [-0.25, -0.2) is 0 Å². The predicted molar refractivity (Wildman–Crippen MR) is 65.6 cm³/mol. The Kier molecular flexibility index (Phi) is 4.97. The first-order chi connectivity index (χ1) is 7.91. The van der Waals surface area contributed by atoms with Gasteiger partial charge in [-0.05, 0) is 24.7 Å². The molecule has 17 heavy (non-hydrogen) atoms. The lowest BCUT2D eigenvalue weighted by atomic mass is 9.94. The van der Waals surface area contributed by atoms with Crippen LogP contribution in [-0.4, -0.2) is 34.5 Å². The van der Waals surface area contributed by atoms with Gasteiger partial charge in [-0.15, -0.1) is 0 Å². The highest BCUT2D eigenvalue weighted by Crippen LogP contribution is 2.23. The van der Waals surface area contributed by atoms with Gasteiger partial charge in [0.2, 0.25) is 5.91 Å². The Hall–Kier alpha value is -1.06. The fourth-order valence-corrected chi connectivity index (χ4v) is 2.21. The molecule has 0 aromatic carbocycles. The Morgan fingerprint density at radius 2 is 2.00 bits per heavy atom. The molecule has 98 valence electrons. The van der Waals surface area contributed by atoms with Crippen LogP contribution in [0.2, 0.25) is 0 Å². The van der Waals surface area contributed by atoms with E-state index in [0.717, 1.165) is 19.4 Å². The summed E-state index contributed by atoms with van der Waals surface area (Å²) in [6, 6.07) is -0.0839. The molecular formula is C13H23NO3. The zero-order valence-electron chi connectivity index (χ0n) is 11.0. The minimum absolute atomic E-state index is 0.0839. The van der Waals surface area contributed by atoms with Gasteiger partial charge < -0.3 is 10.0 Å². The maximum Gasteiger partial charge on any atom is 0.305 e. The summed E-state index contributed by atoms with van der Waals surface area (Å²) >= 11 is 0. The van der Waals surface area contributed by atoms with Crippen LogP contribution in [0.4, 0.5) is 0 Å². The van der Waals surface area contributed by atoms with Gasteiger partial charge in [-0.1, -0.05) is 20.8 Å². The molecule has 0 bridgehead atoms. The highest BCUT2D eigenvalue weighted by atomic mass is 16.4. The maximum absolute atomic E-state index is 12.1. The molecule has 0 aromatic heterocycles. The van der Waals surface area contributed by atoms with Crippen LogP contribution < -0.4 is 0 Å². The number of carboxylic acids is 1. The molecule has 1 heterocycles. The Labute approximate surface area is 103 Å². The second-order valence-electron chi connectivity index (χ2n) is 5.41. The predicted octanol–water partition coefficient (Wildman–Crippen LogP) is 2.13. The van der Waals surface area contributed by atoms with Crippen LogP contribution >= 0.6 is 0 Å². The summed E-state index contributed by atoms with van der Waals surface area (Å²) in [5, 5.41) is 8.81. The fourth-order valence-electron chi connectivity index (χ4n) is 2.21. The molecule has 1 N–H and O–H groups in total. The third kappa shape index (κ3) is 4.02. The van der Waals surface area contributed by atoms with E-state index >= 15 is 0 Å². The molecule has 4 nitrogen and oxygen atoms in total. The third-order valence-corrected chi connectivity index (χ3v) is 3.74. The van der Waals surface area contributed by atoms with Gasteiger partial charge in [0.25, 0.3) is 0 Å². The monoisotopic (exact) mass is 241 g/mol. The van der Waals surface area contributed by atoms with Gasteiger partial charge in [0, 0.05) is 19.0 Å². The van der Waals surface area contributed by atoms with Gasteiger partial charge >= 0.3 is 5.97 Å². The molecule has 1 aliphatic heterocycles. The minimum Gasteiger partial charge on any atom is -0.481 e. The lowest BCUT2D eigenvalue weighted by Gasteiger charge is -2.26. The molecule has 4 heteroatoms. The summed E-state index contributed by atoms with van der Waals surface area (Å²) in [7, 11) is 0. The SMILES string of the molecule is CC(C)C(C)CC(=O)N1CCCC1CC(=O)O. The number of hydrogen-bond donors (Lipinski definition) is 1. The highest BCUT2D eigenvalue weighted by Gasteiger charge is 2.30. The average molecular weight is 241 g/mol. The molecule has 1 amide bonds. The van der Waals surface area contributed by atoms with Crippen LogP contribution in [0.25, 0.3) is 0 Å². The lowest BCUT2D eigenvalue weighted by Crippen LogP contribution is -2.37. The van der Waals surface area contributed by atoms with Crippen LogP contribution in [0, 0.1) is 11.8 Å². The zero-order chi connectivity index (χ0) is 13.0. The van der Waals surface area contributed by atoms with Gasteiger partial charge in [-0.2, -0.15) is 0 Å². The molecule has 0 saturated carbocycles. The first-order valence-corrected chi connectivity index (χ1v) is 6.43. The fraction of sp³-hybridized carbons (Fsp3) is 0.846. The normalized spacial score (nSPS) is 21.9. The molecule has 2 atom stereocenters. The second kappa shape index (κ2) is 6.03. The summed E-state index contributed by atoms with van der Waals surface area (Å²) in [5.74, 6) is 0.148. The van der Waals surface area contributed by atoms with Crippen LogP contribution in [-0.2, 0) is 9.59 Å². The number of carboxylic acid groups (broad SMARTS) is 1. The first kappa shape index (κ1) is 14.0. The molecule has 1 saturated heterocycles.